The van der Waals surface area contributed by atoms with Crippen molar-refractivity contribution in [1.82, 2.24) is 5.43 Å². The third-order valence-corrected chi connectivity index (χ3v) is 3.73. The maximum atomic E-state index is 11.8. The Bertz CT molecular complexity index is 838. The number of hydrogen-bond acceptors (Lipinski definition) is 5. The average molecular weight is 404 g/mol. The first-order valence-electron chi connectivity index (χ1n) is 7.41. The van der Waals surface area contributed by atoms with E-state index in [1.165, 1.54) is 6.21 Å². The van der Waals surface area contributed by atoms with Crippen LogP contribution in [-0.2, 0) is 9.59 Å². The average Bonchev–Trinajstić information content (AvgIpc) is 2.61. The lowest BCUT2D eigenvalue weighted by molar-refractivity contribution is -0.136. The molecule has 0 bridgehead atoms. The fraction of sp³-hybridized carbons (Fsp3) is 0.118. The number of rotatable bonds is 3. The van der Waals surface area contributed by atoms with Gasteiger partial charge in [0.15, 0.2) is 11.5 Å². The molecule has 128 valence electrons. The molecule has 0 spiro atoms. The molecule has 2 amide bonds. The third kappa shape index (κ3) is 4.57. The second-order valence-corrected chi connectivity index (χ2v) is 5.98. The largest absolute Gasteiger partial charge is 0.486 e. The van der Waals surface area contributed by atoms with Crippen LogP contribution in [0.1, 0.15) is 5.56 Å². The first-order valence-corrected chi connectivity index (χ1v) is 8.21. The summed E-state index contributed by atoms with van der Waals surface area (Å²) >= 11 is 3.29. The van der Waals surface area contributed by atoms with Crippen LogP contribution in [0.3, 0.4) is 0 Å². The van der Waals surface area contributed by atoms with Crippen LogP contribution in [0.25, 0.3) is 0 Å². The fourth-order valence-corrected chi connectivity index (χ4v) is 2.51. The minimum Gasteiger partial charge on any atom is -0.486 e. The first kappa shape index (κ1) is 17.0. The second kappa shape index (κ2) is 7.80. The molecule has 1 aliphatic rings. The van der Waals surface area contributed by atoms with E-state index in [1.807, 2.05) is 6.07 Å². The Labute approximate surface area is 152 Å². The Balaban J connectivity index is 1.56. The number of hydrazone groups is 1. The van der Waals surface area contributed by atoms with Crippen LogP contribution in [0.5, 0.6) is 11.5 Å². The third-order valence-electron chi connectivity index (χ3n) is 3.23. The van der Waals surface area contributed by atoms with Crippen molar-refractivity contribution in [2.75, 3.05) is 18.5 Å². The van der Waals surface area contributed by atoms with E-state index >= 15 is 0 Å². The van der Waals surface area contributed by atoms with Crippen molar-refractivity contribution in [2.24, 2.45) is 5.10 Å². The predicted octanol–water partition coefficient (Wildman–Crippen LogP) is 2.31. The topological polar surface area (TPSA) is 89.0 Å². The molecule has 1 heterocycles. The van der Waals surface area contributed by atoms with Crippen LogP contribution in [-0.4, -0.2) is 31.2 Å². The molecule has 0 unspecified atom stereocenters. The number of carbonyl (C=O) groups excluding carboxylic acids is 2. The highest BCUT2D eigenvalue weighted by atomic mass is 79.9. The Hall–Kier alpha value is -2.87. The van der Waals surface area contributed by atoms with Gasteiger partial charge in [-0.15, -0.1) is 0 Å². The summed E-state index contributed by atoms with van der Waals surface area (Å²) in [4.78, 5) is 23.6. The van der Waals surface area contributed by atoms with E-state index in [0.717, 1.165) is 4.47 Å². The van der Waals surface area contributed by atoms with Crippen LogP contribution in [0, 0.1) is 0 Å². The highest BCUT2D eigenvalue weighted by Crippen LogP contribution is 2.30. The molecule has 2 N–H and O–H groups in total. The zero-order valence-electron chi connectivity index (χ0n) is 13.0. The van der Waals surface area contributed by atoms with E-state index in [4.69, 9.17) is 9.47 Å². The van der Waals surface area contributed by atoms with Gasteiger partial charge < -0.3 is 14.8 Å². The summed E-state index contributed by atoms with van der Waals surface area (Å²) < 4.78 is 11.7. The van der Waals surface area contributed by atoms with E-state index in [2.05, 4.69) is 31.8 Å². The molecule has 0 radical (unpaired) electrons. The molecule has 1 aliphatic heterocycles. The number of nitrogens with one attached hydrogen (secondary N) is 2. The number of amides is 2. The van der Waals surface area contributed by atoms with Gasteiger partial charge in [-0.25, -0.2) is 5.43 Å². The van der Waals surface area contributed by atoms with Gasteiger partial charge in [-0.05, 0) is 42.0 Å². The number of ether oxygens (including phenoxy) is 2. The normalized spacial score (nSPS) is 12.7. The Morgan fingerprint density at radius 1 is 1.04 bits per heavy atom. The lowest BCUT2D eigenvalue weighted by Crippen LogP contribution is -2.32. The summed E-state index contributed by atoms with van der Waals surface area (Å²) in [7, 11) is 0. The Morgan fingerprint density at radius 3 is 2.64 bits per heavy atom. The van der Waals surface area contributed by atoms with Gasteiger partial charge in [-0.3, -0.25) is 9.59 Å². The molecule has 7 nitrogen and oxygen atoms in total. The molecule has 2 aromatic carbocycles. The molecule has 0 saturated carbocycles. The highest BCUT2D eigenvalue weighted by molar-refractivity contribution is 9.10. The molecular formula is C17H14BrN3O4. The van der Waals surface area contributed by atoms with Crippen LogP contribution < -0.4 is 20.2 Å². The number of halogens is 1. The summed E-state index contributed by atoms with van der Waals surface area (Å²) in [6, 6.07) is 12.2. The second-order valence-electron chi connectivity index (χ2n) is 5.07. The van der Waals surface area contributed by atoms with Crippen molar-refractivity contribution in [1.29, 1.82) is 0 Å². The zero-order valence-corrected chi connectivity index (χ0v) is 14.6. The smallest absolute Gasteiger partial charge is 0.329 e. The summed E-state index contributed by atoms with van der Waals surface area (Å²) in [5.41, 5.74) is 3.39. The number of hydrogen-bond donors (Lipinski definition) is 2. The van der Waals surface area contributed by atoms with E-state index in [1.54, 1.807) is 36.4 Å². The van der Waals surface area contributed by atoms with Crippen molar-refractivity contribution in [2.45, 2.75) is 0 Å². The molecule has 0 saturated heterocycles. The van der Waals surface area contributed by atoms with E-state index in [-0.39, 0.29) is 0 Å². The number of carbonyl (C=O) groups is 2. The van der Waals surface area contributed by atoms with Crippen molar-refractivity contribution in [3.63, 3.8) is 0 Å². The maximum absolute atomic E-state index is 11.8. The van der Waals surface area contributed by atoms with Gasteiger partial charge in [0.2, 0.25) is 0 Å². The fourth-order valence-electron chi connectivity index (χ4n) is 2.11. The number of nitrogens with zero attached hydrogens (tertiary/aromatic N) is 1. The van der Waals surface area contributed by atoms with Gasteiger partial charge in [0.1, 0.15) is 13.2 Å². The van der Waals surface area contributed by atoms with Gasteiger partial charge in [0, 0.05) is 10.2 Å². The monoisotopic (exact) mass is 403 g/mol. The quantitative estimate of drug-likeness (QED) is 0.467. The molecule has 0 atom stereocenters. The van der Waals surface area contributed by atoms with E-state index < -0.39 is 11.8 Å². The van der Waals surface area contributed by atoms with Gasteiger partial charge in [-0.1, -0.05) is 22.0 Å². The first-order chi connectivity index (χ1) is 12.1. The molecule has 0 aliphatic carbocycles. The molecule has 0 fully saturated rings. The number of anilines is 1. The lowest BCUT2D eigenvalue weighted by Gasteiger charge is -2.18. The van der Waals surface area contributed by atoms with Crippen molar-refractivity contribution in [3.05, 3.63) is 52.5 Å². The summed E-state index contributed by atoms with van der Waals surface area (Å²) in [5.74, 6) is -0.388. The van der Waals surface area contributed by atoms with Crippen molar-refractivity contribution >= 4 is 39.6 Å². The molecular weight excluding hydrogens is 390 g/mol. The minimum absolute atomic E-state index is 0.486. The lowest BCUT2D eigenvalue weighted by atomic mass is 10.2. The van der Waals surface area contributed by atoms with Crippen LogP contribution >= 0.6 is 15.9 Å². The number of fused-ring (bicyclic) bond motifs is 1. The molecule has 25 heavy (non-hydrogen) atoms. The maximum Gasteiger partial charge on any atom is 0.329 e. The van der Waals surface area contributed by atoms with Crippen molar-refractivity contribution in [3.8, 4) is 11.5 Å². The number of benzene rings is 2. The van der Waals surface area contributed by atoms with Gasteiger partial charge in [-0.2, -0.15) is 5.10 Å². The minimum atomic E-state index is -0.867. The van der Waals surface area contributed by atoms with E-state index in [9.17, 15) is 9.59 Å². The molecule has 3 rings (SSSR count). The van der Waals surface area contributed by atoms with Crippen LogP contribution in [0.2, 0.25) is 0 Å². The molecule has 8 heteroatoms. The highest BCUT2D eigenvalue weighted by Gasteiger charge is 2.13. The zero-order chi connectivity index (χ0) is 17.6. The van der Waals surface area contributed by atoms with Crippen LogP contribution in [0.15, 0.2) is 52.0 Å². The Kier molecular flexibility index (Phi) is 5.30. The molecule has 0 aromatic heterocycles. The van der Waals surface area contributed by atoms with Crippen molar-refractivity contribution < 1.29 is 19.1 Å². The summed E-state index contributed by atoms with van der Waals surface area (Å²) in [6.07, 6.45) is 1.42. The van der Waals surface area contributed by atoms with Gasteiger partial charge >= 0.3 is 11.8 Å². The molecule has 2 aromatic rings. The summed E-state index contributed by atoms with van der Waals surface area (Å²) in [6.45, 7) is 1.00. The van der Waals surface area contributed by atoms with E-state index in [0.29, 0.717) is 36.0 Å². The van der Waals surface area contributed by atoms with Gasteiger partial charge in [0.25, 0.3) is 0 Å². The Morgan fingerprint density at radius 2 is 1.84 bits per heavy atom. The summed E-state index contributed by atoms with van der Waals surface area (Å²) in [5, 5.41) is 6.26. The predicted molar refractivity (Wildman–Crippen MR) is 95.9 cm³/mol. The van der Waals surface area contributed by atoms with Crippen LogP contribution in [0.4, 0.5) is 5.69 Å². The standard InChI is InChI=1S/C17H14BrN3O4/c18-12-2-1-3-13(9-12)20-16(22)17(23)21-19-10-11-4-5-14-15(8-11)25-7-6-24-14/h1-5,8-10H,6-7H2,(H,20,22)(H,21,23). The SMILES string of the molecule is O=C(NN=Cc1ccc2c(c1)OCCO2)C(=O)Nc1cccc(Br)c1. The van der Waals surface area contributed by atoms with Gasteiger partial charge in [0.05, 0.1) is 6.21 Å².